The topological polar surface area (TPSA) is 83.0 Å². The van der Waals surface area contributed by atoms with E-state index in [1.165, 1.54) is 0 Å². The number of carbonyl (C=O) groups excluding carboxylic acids is 1. The Bertz CT molecular complexity index is 1030. The normalized spacial score (nSPS) is 12.0. The van der Waals surface area contributed by atoms with E-state index < -0.39 is 0 Å². The first-order valence-corrected chi connectivity index (χ1v) is 10.1. The fourth-order valence-electron chi connectivity index (χ4n) is 3.66. The highest BCUT2D eigenvalue weighted by atomic mass is 16.3. The lowest BCUT2D eigenvalue weighted by molar-refractivity contribution is -0.115. The maximum absolute atomic E-state index is 12.8. The molecule has 1 atom stereocenters. The number of nitrogens with zero attached hydrogens (tertiary/aromatic N) is 2. The Balaban J connectivity index is 1.77. The van der Waals surface area contributed by atoms with E-state index in [4.69, 9.17) is 4.42 Å². The van der Waals surface area contributed by atoms with Gasteiger partial charge in [0.25, 0.3) is 0 Å². The number of anilines is 1. The lowest BCUT2D eigenvalue weighted by Gasteiger charge is -2.23. The number of rotatable bonds is 8. The molecule has 1 amide bonds. The van der Waals surface area contributed by atoms with Crippen molar-refractivity contribution >= 4 is 11.7 Å². The zero-order valence-electron chi connectivity index (χ0n) is 17.9. The summed E-state index contributed by atoms with van der Waals surface area (Å²) in [6.45, 7) is 8.67. The Kier molecular flexibility index (Phi) is 6.76. The van der Waals surface area contributed by atoms with Gasteiger partial charge < -0.3 is 19.6 Å². The zero-order valence-corrected chi connectivity index (χ0v) is 17.9. The molecule has 6 nitrogen and oxygen atoms in total. The summed E-state index contributed by atoms with van der Waals surface area (Å²) in [4.78, 5) is 12.8. The molecule has 0 saturated heterocycles. The number of aromatic nitrogens is 1. The highest BCUT2D eigenvalue weighted by Crippen LogP contribution is 2.27. The minimum Gasteiger partial charge on any atom is -0.467 e. The summed E-state index contributed by atoms with van der Waals surface area (Å²) >= 11 is 0. The van der Waals surface area contributed by atoms with Crippen LogP contribution in [0, 0.1) is 31.1 Å². The van der Waals surface area contributed by atoms with Crippen molar-refractivity contribution in [3.05, 3.63) is 76.9 Å². The first-order chi connectivity index (χ1) is 14.4. The summed E-state index contributed by atoms with van der Waals surface area (Å²) in [6, 6.07) is 16.1. The lowest BCUT2D eigenvalue weighted by Crippen LogP contribution is -2.34. The van der Waals surface area contributed by atoms with Crippen LogP contribution < -0.4 is 10.6 Å². The number of carbonyl (C=O) groups is 1. The highest BCUT2D eigenvalue weighted by Gasteiger charge is 2.21. The Morgan fingerprint density at radius 3 is 2.50 bits per heavy atom. The second kappa shape index (κ2) is 9.47. The second-order valence-corrected chi connectivity index (χ2v) is 7.77. The molecular formula is C24H28N4O2. The van der Waals surface area contributed by atoms with Crippen molar-refractivity contribution in [2.45, 2.75) is 40.3 Å². The van der Waals surface area contributed by atoms with Gasteiger partial charge in [-0.2, -0.15) is 5.26 Å². The van der Waals surface area contributed by atoms with Crippen LogP contribution in [0.4, 0.5) is 5.82 Å². The zero-order chi connectivity index (χ0) is 21.7. The molecule has 0 aliphatic heterocycles. The fraction of sp³-hybridized carbons (Fsp3) is 0.333. The molecule has 0 unspecified atom stereocenters. The molecule has 0 saturated carbocycles. The number of nitriles is 1. The largest absolute Gasteiger partial charge is 0.467 e. The molecule has 2 N–H and O–H groups in total. The van der Waals surface area contributed by atoms with Crippen LogP contribution >= 0.6 is 0 Å². The van der Waals surface area contributed by atoms with E-state index in [1.807, 2.05) is 48.7 Å². The van der Waals surface area contributed by atoms with Gasteiger partial charge in [0.1, 0.15) is 17.6 Å². The number of hydrogen-bond donors (Lipinski definition) is 2. The van der Waals surface area contributed by atoms with Crippen LogP contribution in [0.5, 0.6) is 0 Å². The second-order valence-electron chi connectivity index (χ2n) is 7.77. The summed E-state index contributed by atoms with van der Waals surface area (Å²) in [6.07, 6.45) is 1.62. The Hall–Kier alpha value is -3.30. The summed E-state index contributed by atoms with van der Waals surface area (Å²) in [5.74, 6) is 1.40. The summed E-state index contributed by atoms with van der Waals surface area (Å²) in [5.41, 5.74) is 3.41. The van der Waals surface area contributed by atoms with Gasteiger partial charge in [0.05, 0.1) is 24.9 Å². The third-order valence-electron chi connectivity index (χ3n) is 5.40. The van der Waals surface area contributed by atoms with Crippen LogP contribution in [0.3, 0.4) is 0 Å². The van der Waals surface area contributed by atoms with Gasteiger partial charge in [-0.25, -0.2) is 0 Å². The molecule has 2 aromatic heterocycles. The Labute approximate surface area is 177 Å². The van der Waals surface area contributed by atoms with Crippen molar-refractivity contribution in [1.29, 1.82) is 5.26 Å². The van der Waals surface area contributed by atoms with Gasteiger partial charge in [0, 0.05) is 11.7 Å². The molecule has 0 radical (unpaired) electrons. The van der Waals surface area contributed by atoms with Gasteiger partial charge in [-0.05, 0) is 43.0 Å². The number of hydrogen-bond acceptors (Lipinski definition) is 4. The smallest absolute Gasteiger partial charge is 0.239 e. The number of benzene rings is 1. The van der Waals surface area contributed by atoms with Gasteiger partial charge in [0.15, 0.2) is 0 Å². The summed E-state index contributed by atoms with van der Waals surface area (Å²) < 4.78 is 7.38. The number of nitrogens with one attached hydrogen (secondary N) is 2. The van der Waals surface area contributed by atoms with E-state index in [2.05, 4.69) is 42.7 Å². The molecule has 3 rings (SSSR count). The van der Waals surface area contributed by atoms with Crippen LogP contribution in [0.2, 0.25) is 0 Å². The van der Waals surface area contributed by atoms with Gasteiger partial charge in [0.2, 0.25) is 5.91 Å². The van der Waals surface area contributed by atoms with Crippen LogP contribution in [0.15, 0.2) is 53.1 Å². The maximum Gasteiger partial charge on any atom is 0.239 e. The van der Waals surface area contributed by atoms with Gasteiger partial charge in [-0.15, -0.1) is 0 Å². The third-order valence-corrected chi connectivity index (χ3v) is 5.40. The molecule has 6 heteroatoms. The molecule has 0 bridgehead atoms. The fourth-order valence-corrected chi connectivity index (χ4v) is 3.66. The average Bonchev–Trinajstić information content (AvgIpc) is 3.32. The van der Waals surface area contributed by atoms with Crippen molar-refractivity contribution in [1.82, 2.24) is 9.88 Å². The van der Waals surface area contributed by atoms with Gasteiger partial charge >= 0.3 is 0 Å². The molecule has 3 aromatic rings. The predicted molar refractivity (Wildman–Crippen MR) is 117 cm³/mol. The SMILES string of the molecule is Cc1c(C#N)c(NC(=O)CN[C@@H](c2ccccc2)C(C)C)n(Cc2ccco2)c1C. The molecule has 1 aromatic carbocycles. The van der Waals surface area contributed by atoms with Crippen LogP contribution in [-0.4, -0.2) is 17.0 Å². The number of furan rings is 1. The quantitative estimate of drug-likeness (QED) is 0.577. The van der Waals surface area contributed by atoms with Crippen LogP contribution in [-0.2, 0) is 11.3 Å². The average molecular weight is 405 g/mol. The summed E-state index contributed by atoms with van der Waals surface area (Å²) in [7, 11) is 0. The molecule has 30 heavy (non-hydrogen) atoms. The minimum atomic E-state index is -0.189. The minimum absolute atomic E-state index is 0.0609. The van der Waals surface area contributed by atoms with Crippen molar-refractivity contribution in [3.8, 4) is 6.07 Å². The summed E-state index contributed by atoms with van der Waals surface area (Å²) in [5, 5.41) is 16.0. The van der Waals surface area contributed by atoms with E-state index in [1.54, 1.807) is 6.26 Å². The molecule has 0 aliphatic carbocycles. The standard InChI is InChI=1S/C24H28N4O2/c1-16(2)23(19-9-6-5-7-10-19)26-14-22(29)27-24-21(13-25)17(3)18(4)28(24)15-20-11-8-12-30-20/h5-12,16,23,26H,14-15H2,1-4H3,(H,27,29)/t23-/m1/s1. The van der Waals surface area contributed by atoms with E-state index in [0.717, 1.165) is 22.6 Å². The van der Waals surface area contributed by atoms with Crippen molar-refractivity contribution in [2.75, 3.05) is 11.9 Å². The van der Waals surface area contributed by atoms with Crippen molar-refractivity contribution in [2.24, 2.45) is 5.92 Å². The lowest BCUT2D eigenvalue weighted by atomic mass is 9.96. The van der Waals surface area contributed by atoms with Crippen molar-refractivity contribution in [3.63, 3.8) is 0 Å². The van der Waals surface area contributed by atoms with E-state index in [-0.39, 0.29) is 18.5 Å². The first kappa shape index (κ1) is 21.4. The van der Waals surface area contributed by atoms with Crippen molar-refractivity contribution < 1.29 is 9.21 Å². The molecule has 0 spiro atoms. The molecule has 0 fully saturated rings. The predicted octanol–water partition coefficient (Wildman–Crippen LogP) is 4.54. The van der Waals surface area contributed by atoms with Crippen LogP contribution in [0.1, 0.15) is 48.0 Å². The molecule has 156 valence electrons. The Morgan fingerprint density at radius 1 is 1.17 bits per heavy atom. The molecule has 0 aliphatic rings. The molecule has 2 heterocycles. The maximum atomic E-state index is 12.8. The Morgan fingerprint density at radius 2 is 1.90 bits per heavy atom. The third kappa shape index (κ3) is 4.64. The van der Waals surface area contributed by atoms with E-state index >= 15 is 0 Å². The molecular weight excluding hydrogens is 376 g/mol. The first-order valence-electron chi connectivity index (χ1n) is 10.1. The highest BCUT2D eigenvalue weighted by molar-refractivity contribution is 5.93. The van der Waals surface area contributed by atoms with E-state index in [0.29, 0.717) is 23.8 Å². The van der Waals surface area contributed by atoms with E-state index in [9.17, 15) is 10.1 Å². The van der Waals surface area contributed by atoms with Gasteiger partial charge in [-0.1, -0.05) is 44.2 Å². The number of amides is 1. The van der Waals surface area contributed by atoms with Crippen LogP contribution in [0.25, 0.3) is 0 Å². The monoisotopic (exact) mass is 404 g/mol. The van der Waals surface area contributed by atoms with Gasteiger partial charge in [-0.3, -0.25) is 4.79 Å².